The van der Waals surface area contributed by atoms with Gasteiger partial charge in [-0.3, -0.25) is 9.36 Å². The Bertz CT molecular complexity index is 828. The van der Waals surface area contributed by atoms with Crippen LogP contribution in [0.15, 0.2) is 24.8 Å². The summed E-state index contributed by atoms with van der Waals surface area (Å²) in [4.78, 5) is 24.5. The van der Waals surface area contributed by atoms with E-state index in [1.807, 2.05) is 6.26 Å². The summed E-state index contributed by atoms with van der Waals surface area (Å²) < 4.78 is 7.34. The van der Waals surface area contributed by atoms with Crippen LogP contribution in [0.2, 0.25) is 0 Å². The molecule has 0 aromatic carbocycles. The Kier molecular flexibility index (Phi) is 6.39. The summed E-state index contributed by atoms with van der Waals surface area (Å²) in [6.45, 7) is 0.567. The van der Waals surface area contributed by atoms with Crippen molar-refractivity contribution in [2.45, 2.75) is 24.5 Å². The van der Waals surface area contributed by atoms with Crippen molar-refractivity contribution in [3.8, 4) is 0 Å². The molecule has 27 heavy (non-hydrogen) atoms. The highest BCUT2D eigenvalue weighted by molar-refractivity contribution is 7.98. The highest BCUT2D eigenvalue weighted by atomic mass is 32.2. The number of likely N-dealkylation sites (N-methyl/N-ethyl adjacent to an activating group) is 1. The maximum atomic E-state index is 12.0. The third-order valence-corrected chi connectivity index (χ3v) is 4.80. The van der Waals surface area contributed by atoms with Gasteiger partial charge in [0.1, 0.15) is 18.5 Å². The third-order valence-electron chi connectivity index (χ3n) is 4.13. The van der Waals surface area contributed by atoms with Crippen molar-refractivity contribution in [2.75, 3.05) is 30.9 Å². The molecular weight excluding hydrogens is 372 g/mol. The van der Waals surface area contributed by atoms with Crippen LogP contribution in [-0.2, 0) is 9.53 Å². The molecule has 0 saturated carbocycles. The van der Waals surface area contributed by atoms with E-state index in [0.29, 0.717) is 23.5 Å². The number of imidazole rings is 1. The molecule has 4 atom stereocenters. The molecule has 0 aliphatic carbocycles. The lowest BCUT2D eigenvalue weighted by molar-refractivity contribution is -0.111. The van der Waals surface area contributed by atoms with Crippen molar-refractivity contribution in [2.24, 2.45) is 0 Å². The van der Waals surface area contributed by atoms with Crippen molar-refractivity contribution in [3.63, 3.8) is 0 Å². The number of carbonyl (C=O) groups is 1. The summed E-state index contributed by atoms with van der Waals surface area (Å²) in [6, 6.07) is 0. The maximum absolute atomic E-state index is 12.0. The van der Waals surface area contributed by atoms with Gasteiger partial charge in [-0.25, -0.2) is 15.0 Å². The number of thioether (sulfide) groups is 1. The Morgan fingerprint density at radius 2 is 2.19 bits per heavy atom. The standard InChI is InChI=1S/C16H22N6O4S/c1-17-5-3-4-10(23)21-14-11-15(19-7-18-14)22(8-20-11)16-13(25)12(24)9(26-16)6-27-2/h3-4,7-9,12-13,16-17,24-25H,5-6H2,1-2H3,(H,18,19,21,23)/b4-3+/t9-,12-,13-,16-/m1/s1. The highest BCUT2D eigenvalue weighted by Gasteiger charge is 2.44. The number of aliphatic hydroxyl groups excluding tert-OH is 2. The lowest BCUT2D eigenvalue weighted by Crippen LogP contribution is -2.32. The first kappa shape index (κ1) is 19.7. The Labute approximate surface area is 160 Å². The van der Waals surface area contributed by atoms with E-state index in [1.54, 1.807) is 13.1 Å². The van der Waals surface area contributed by atoms with E-state index >= 15 is 0 Å². The Balaban J connectivity index is 1.84. The van der Waals surface area contributed by atoms with Gasteiger partial charge in [-0.2, -0.15) is 11.8 Å². The molecule has 146 valence electrons. The van der Waals surface area contributed by atoms with E-state index < -0.39 is 24.5 Å². The minimum absolute atomic E-state index is 0.256. The van der Waals surface area contributed by atoms with Crippen LogP contribution in [-0.4, -0.2) is 79.6 Å². The molecular formula is C16H22N6O4S. The van der Waals surface area contributed by atoms with Gasteiger partial charge >= 0.3 is 0 Å². The fraction of sp³-hybridized carbons (Fsp3) is 0.500. The summed E-state index contributed by atoms with van der Waals surface area (Å²) in [5.74, 6) is 0.468. The van der Waals surface area contributed by atoms with Crippen LogP contribution < -0.4 is 10.6 Å². The molecule has 2 aromatic heterocycles. The number of ether oxygens (including phenoxy) is 1. The van der Waals surface area contributed by atoms with Crippen LogP contribution in [0.4, 0.5) is 5.82 Å². The molecule has 4 N–H and O–H groups in total. The molecule has 3 heterocycles. The number of nitrogens with zero attached hydrogens (tertiary/aromatic N) is 4. The van der Waals surface area contributed by atoms with E-state index in [1.165, 1.54) is 35.1 Å². The van der Waals surface area contributed by atoms with Crippen LogP contribution in [0.1, 0.15) is 6.23 Å². The van der Waals surface area contributed by atoms with Gasteiger partial charge in [0, 0.05) is 18.4 Å². The van der Waals surface area contributed by atoms with Crippen molar-refractivity contribution in [1.82, 2.24) is 24.8 Å². The molecule has 11 heteroatoms. The zero-order valence-corrected chi connectivity index (χ0v) is 15.8. The fourth-order valence-electron chi connectivity index (χ4n) is 2.83. The number of amides is 1. The molecule has 0 spiro atoms. The Morgan fingerprint density at radius 1 is 1.37 bits per heavy atom. The number of aromatic nitrogens is 4. The minimum Gasteiger partial charge on any atom is -0.387 e. The average Bonchev–Trinajstić information content (AvgIpc) is 3.19. The molecule has 3 rings (SSSR count). The van der Waals surface area contributed by atoms with E-state index in [4.69, 9.17) is 4.74 Å². The van der Waals surface area contributed by atoms with Gasteiger partial charge in [-0.15, -0.1) is 0 Å². The summed E-state index contributed by atoms with van der Waals surface area (Å²) in [5, 5.41) is 26.1. The van der Waals surface area contributed by atoms with E-state index in [2.05, 4.69) is 25.6 Å². The van der Waals surface area contributed by atoms with E-state index in [-0.39, 0.29) is 11.7 Å². The highest BCUT2D eigenvalue weighted by Crippen LogP contribution is 2.33. The van der Waals surface area contributed by atoms with Crippen molar-refractivity contribution >= 4 is 34.7 Å². The number of nitrogens with one attached hydrogen (secondary N) is 2. The van der Waals surface area contributed by atoms with Crippen LogP contribution in [0.25, 0.3) is 11.2 Å². The molecule has 1 fully saturated rings. The molecule has 0 bridgehead atoms. The zero-order valence-electron chi connectivity index (χ0n) is 14.9. The maximum Gasteiger partial charge on any atom is 0.249 e. The van der Waals surface area contributed by atoms with Gasteiger partial charge in [0.25, 0.3) is 0 Å². The van der Waals surface area contributed by atoms with Crippen LogP contribution in [0.3, 0.4) is 0 Å². The molecule has 0 unspecified atom stereocenters. The van der Waals surface area contributed by atoms with Gasteiger partial charge in [-0.1, -0.05) is 6.08 Å². The summed E-state index contributed by atoms with van der Waals surface area (Å²) >= 11 is 1.52. The fourth-order valence-corrected chi connectivity index (χ4v) is 3.44. The number of anilines is 1. The second-order valence-corrected chi connectivity index (χ2v) is 6.91. The van der Waals surface area contributed by atoms with Crippen LogP contribution in [0.5, 0.6) is 0 Å². The first-order valence-electron chi connectivity index (χ1n) is 8.37. The molecule has 0 radical (unpaired) electrons. The monoisotopic (exact) mass is 394 g/mol. The number of aliphatic hydroxyl groups is 2. The third kappa shape index (κ3) is 4.12. The summed E-state index contributed by atoms with van der Waals surface area (Å²) in [7, 11) is 1.78. The second kappa shape index (κ2) is 8.76. The molecule has 10 nitrogen and oxygen atoms in total. The predicted molar refractivity (Wildman–Crippen MR) is 101 cm³/mol. The zero-order chi connectivity index (χ0) is 19.4. The summed E-state index contributed by atoms with van der Waals surface area (Å²) in [6.07, 6.45) is 4.30. The topological polar surface area (TPSA) is 134 Å². The molecule has 1 saturated heterocycles. The first-order valence-corrected chi connectivity index (χ1v) is 9.76. The van der Waals surface area contributed by atoms with Gasteiger partial charge < -0.3 is 25.6 Å². The number of hydrogen-bond donors (Lipinski definition) is 4. The molecule has 1 aliphatic rings. The number of fused-ring (bicyclic) bond motifs is 1. The lowest BCUT2D eigenvalue weighted by Gasteiger charge is -2.16. The lowest BCUT2D eigenvalue weighted by atomic mass is 10.1. The summed E-state index contributed by atoms with van der Waals surface area (Å²) in [5.41, 5.74) is 0.757. The smallest absolute Gasteiger partial charge is 0.249 e. The van der Waals surface area contributed by atoms with Gasteiger partial charge in [0.05, 0.1) is 12.4 Å². The number of rotatable bonds is 7. The number of carbonyl (C=O) groups excluding carboxylic acids is 1. The van der Waals surface area contributed by atoms with Gasteiger partial charge in [-0.05, 0) is 13.3 Å². The van der Waals surface area contributed by atoms with Crippen LogP contribution >= 0.6 is 11.8 Å². The minimum atomic E-state index is -1.11. The van der Waals surface area contributed by atoms with E-state index in [0.717, 1.165) is 0 Å². The average molecular weight is 394 g/mol. The molecule has 1 amide bonds. The quantitative estimate of drug-likeness (QED) is 0.459. The molecule has 1 aliphatic heterocycles. The number of hydrogen-bond acceptors (Lipinski definition) is 9. The first-order chi connectivity index (χ1) is 13.1. The van der Waals surface area contributed by atoms with Crippen molar-refractivity contribution < 1.29 is 19.7 Å². The molecule has 2 aromatic rings. The van der Waals surface area contributed by atoms with Crippen molar-refractivity contribution in [1.29, 1.82) is 0 Å². The second-order valence-electron chi connectivity index (χ2n) is 6.00. The predicted octanol–water partition coefficient (Wildman–Crippen LogP) is -0.477. The van der Waals surface area contributed by atoms with Gasteiger partial charge in [0.15, 0.2) is 23.2 Å². The normalized spacial score (nSPS) is 25.5. The van der Waals surface area contributed by atoms with Gasteiger partial charge in [0.2, 0.25) is 5.91 Å². The largest absolute Gasteiger partial charge is 0.387 e. The Hall–Kier alpha value is -2.05. The van der Waals surface area contributed by atoms with Crippen LogP contribution in [0, 0.1) is 0 Å². The van der Waals surface area contributed by atoms with Crippen molar-refractivity contribution in [3.05, 3.63) is 24.8 Å². The SMILES string of the molecule is CNC/C=C/C(=O)Nc1ncnc2c1ncn2[C@@H]1O[C@H](CSC)[C@@H](O)[C@H]1O. The Morgan fingerprint density at radius 3 is 2.93 bits per heavy atom. The van der Waals surface area contributed by atoms with E-state index in [9.17, 15) is 15.0 Å².